The van der Waals surface area contributed by atoms with E-state index < -0.39 is 19.7 Å². The van der Waals surface area contributed by atoms with Gasteiger partial charge in [0.05, 0.1) is 46.1 Å². The zero-order valence-corrected chi connectivity index (χ0v) is 14.6. The summed E-state index contributed by atoms with van der Waals surface area (Å²) in [6.07, 6.45) is 0.832. The Kier molecular flexibility index (Phi) is 3.44. The third-order valence-corrected chi connectivity index (χ3v) is 8.46. The van der Waals surface area contributed by atoms with Gasteiger partial charge in [-0.2, -0.15) is 0 Å². The Morgan fingerprint density at radius 2 is 1.21 bits per heavy atom. The Labute approximate surface area is 139 Å². The fourth-order valence-electron chi connectivity index (χ4n) is 3.86. The summed E-state index contributed by atoms with van der Waals surface area (Å²) < 4.78 is 50.3. The van der Waals surface area contributed by atoms with E-state index >= 15 is 0 Å². The van der Waals surface area contributed by atoms with E-state index in [1.165, 1.54) is 0 Å². The van der Waals surface area contributed by atoms with Crippen LogP contribution in [0, 0.1) is 0 Å². The fourth-order valence-corrected chi connectivity index (χ4v) is 7.26. The molecule has 7 nitrogen and oxygen atoms in total. The molecule has 0 saturated carbocycles. The van der Waals surface area contributed by atoms with Crippen LogP contribution in [0.15, 0.2) is 29.1 Å². The number of benzene rings is 1. The van der Waals surface area contributed by atoms with Gasteiger partial charge >= 0.3 is 5.69 Å². The lowest BCUT2D eigenvalue weighted by Gasteiger charge is -2.11. The van der Waals surface area contributed by atoms with E-state index in [-0.39, 0.29) is 40.8 Å². The highest BCUT2D eigenvalue weighted by molar-refractivity contribution is 7.91. The molecule has 130 valence electrons. The van der Waals surface area contributed by atoms with E-state index in [1.807, 2.05) is 0 Å². The number of aromatic nitrogens is 2. The third-order valence-electron chi connectivity index (χ3n) is 4.96. The second-order valence-electron chi connectivity index (χ2n) is 6.63. The first-order chi connectivity index (χ1) is 11.3. The summed E-state index contributed by atoms with van der Waals surface area (Å²) in [5.41, 5.74) is 1.04. The summed E-state index contributed by atoms with van der Waals surface area (Å²) in [6, 6.07) is 6.43. The van der Waals surface area contributed by atoms with E-state index in [2.05, 4.69) is 0 Å². The molecule has 2 saturated heterocycles. The molecule has 24 heavy (non-hydrogen) atoms. The van der Waals surface area contributed by atoms with Gasteiger partial charge in [0.25, 0.3) is 0 Å². The molecule has 2 atom stereocenters. The topological polar surface area (TPSA) is 95.2 Å². The predicted octanol–water partition coefficient (Wildman–Crippen LogP) is 0.522. The maximum atomic E-state index is 13.0. The van der Waals surface area contributed by atoms with Crippen LogP contribution in [0.25, 0.3) is 11.0 Å². The number of rotatable bonds is 2. The lowest BCUT2D eigenvalue weighted by atomic mass is 10.2. The molecular formula is C15H18N2O5S2. The van der Waals surface area contributed by atoms with Crippen molar-refractivity contribution in [2.24, 2.45) is 0 Å². The first-order valence-electron chi connectivity index (χ1n) is 7.90. The minimum Gasteiger partial charge on any atom is -0.288 e. The Hall–Kier alpha value is -1.61. The van der Waals surface area contributed by atoms with Gasteiger partial charge in [0.1, 0.15) is 0 Å². The van der Waals surface area contributed by atoms with Crippen LogP contribution in [0.4, 0.5) is 0 Å². The monoisotopic (exact) mass is 370 g/mol. The molecule has 0 amide bonds. The molecule has 0 unspecified atom stereocenters. The van der Waals surface area contributed by atoms with Crippen LogP contribution in [-0.2, 0) is 19.7 Å². The van der Waals surface area contributed by atoms with Crippen molar-refractivity contribution < 1.29 is 16.8 Å². The zero-order valence-electron chi connectivity index (χ0n) is 13.0. The highest BCUT2D eigenvalue weighted by Crippen LogP contribution is 2.30. The summed E-state index contributed by atoms with van der Waals surface area (Å²) in [7, 11) is -6.24. The van der Waals surface area contributed by atoms with Gasteiger partial charge in [0.2, 0.25) is 0 Å². The van der Waals surface area contributed by atoms with E-state index in [4.69, 9.17) is 0 Å². The molecule has 0 N–H and O–H groups in total. The summed E-state index contributed by atoms with van der Waals surface area (Å²) in [6.45, 7) is 0. The normalized spacial score (nSPS) is 28.5. The van der Waals surface area contributed by atoms with Gasteiger partial charge in [-0.1, -0.05) is 12.1 Å². The van der Waals surface area contributed by atoms with Crippen LogP contribution in [0.2, 0.25) is 0 Å². The summed E-state index contributed by atoms with van der Waals surface area (Å²) in [4.78, 5) is 13.0. The number of para-hydroxylation sites is 2. The second-order valence-corrected chi connectivity index (χ2v) is 11.1. The number of hydrogen-bond acceptors (Lipinski definition) is 5. The van der Waals surface area contributed by atoms with E-state index in [0.29, 0.717) is 23.9 Å². The van der Waals surface area contributed by atoms with Crippen LogP contribution < -0.4 is 5.69 Å². The highest BCUT2D eigenvalue weighted by Gasteiger charge is 2.35. The standard InChI is InChI=1S/C15H18N2O5S2/c18-15-16(11-5-7-23(19,20)9-11)13-3-1-2-4-14(13)17(15)12-6-8-24(21,22)10-12/h1-4,11-12H,5-10H2/t11-,12-/m1/s1. The maximum absolute atomic E-state index is 13.0. The molecule has 1 aromatic heterocycles. The molecule has 9 heteroatoms. The number of hydrogen-bond donors (Lipinski definition) is 0. The quantitative estimate of drug-likeness (QED) is 0.768. The Morgan fingerprint density at radius 1 is 0.792 bits per heavy atom. The number of nitrogens with zero attached hydrogens (tertiary/aromatic N) is 2. The molecule has 0 radical (unpaired) electrons. The predicted molar refractivity (Wildman–Crippen MR) is 90.8 cm³/mol. The number of fused-ring (bicyclic) bond motifs is 1. The van der Waals surface area contributed by atoms with E-state index in [1.54, 1.807) is 33.4 Å². The van der Waals surface area contributed by atoms with Crippen LogP contribution in [0.5, 0.6) is 0 Å². The summed E-state index contributed by atoms with van der Waals surface area (Å²) >= 11 is 0. The lowest BCUT2D eigenvalue weighted by molar-refractivity contribution is 0.499. The van der Waals surface area contributed by atoms with Crippen molar-refractivity contribution in [2.75, 3.05) is 23.0 Å². The van der Waals surface area contributed by atoms with E-state index in [9.17, 15) is 21.6 Å². The molecule has 0 spiro atoms. The molecule has 2 aliphatic rings. The van der Waals surface area contributed by atoms with Crippen LogP contribution in [0.1, 0.15) is 24.9 Å². The van der Waals surface area contributed by atoms with Crippen molar-refractivity contribution in [1.82, 2.24) is 9.13 Å². The summed E-state index contributed by atoms with van der Waals surface area (Å²) in [5, 5.41) is 0. The SMILES string of the molecule is O=c1n([C@@H]2CCS(=O)(=O)C2)c2ccccc2n1[C@@H]1CCS(=O)(=O)C1. The number of sulfone groups is 2. The van der Waals surface area contributed by atoms with Crippen molar-refractivity contribution in [2.45, 2.75) is 24.9 Å². The molecule has 0 bridgehead atoms. The molecular weight excluding hydrogens is 352 g/mol. The zero-order chi connectivity index (χ0) is 17.1. The van der Waals surface area contributed by atoms with Crippen molar-refractivity contribution in [3.8, 4) is 0 Å². The van der Waals surface area contributed by atoms with Gasteiger partial charge in [-0.25, -0.2) is 21.6 Å². The van der Waals surface area contributed by atoms with Gasteiger partial charge in [-0.3, -0.25) is 9.13 Å². The average molecular weight is 370 g/mol. The van der Waals surface area contributed by atoms with Gasteiger partial charge in [-0.15, -0.1) is 0 Å². The average Bonchev–Trinajstić information content (AvgIpc) is 3.12. The van der Waals surface area contributed by atoms with Crippen molar-refractivity contribution in [3.05, 3.63) is 34.7 Å². The largest absolute Gasteiger partial charge is 0.329 e. The van der Waals surface area contributed by atoms with Crippen LogP contribution in [0.3, 0.4) is 0 Å². The Morgan fingerprint density at radius 3 is 1.54 bits per heavy atom. The first kappa shape index (κ1) is 15.9. The molecule has 3 heterocycles. The van der Waals surface area contributed by atoms with Crippen LogP contribution >= 0.6 is 0 Å². The van der Waals surface area contributed by atoms with Crippen molar-refractivity contribution in [3.63, 3.8) is 0 Å². The molecule has 0 aliphatic carbocycles. The molecule has 2 aliphatic heterocycles. The molecule has 2 aromatic rings. The van der Waals surface area contributed by atoms with E-state index in [0.717, 1.165) is 0 Å². The van der Waals surface area contributed by atoms with Gasteiger partial charge in [0, 0.05) is 0 Å². The van der Waals surface area contributed by atoms with Gasteiger partial charge in [-0.05, 0) is 25.0 Å². The lowest BCUT2D eigenvalue weighted by Crippen LogP contribution is -2.30. The number of imidazole rings is 1. The first-order valence-corrected chi connectivity index (χ1v) is 11.5. The van der Waals surface area contributed by atoms with Gasteiger partial charge < -0.3 is 0 Å². The van der Waals surface area contributed by atoms with Gasteiger partial charge in [0.15, 0.2) is 19.7 Å². The smallest absolute Gasteiger partial charge is 0.288 e. The summed E-state index contributed by atoms with van der Waals surface area (Å²) in [5.74, 6) is 0.0939. The highest BCUT2D eigenvalue weighted by atomic mass is 32.2. The van der Waals surface area contributed by atoms with Crippen molar-refractivity contribution in [1.29, 1.82) is 0 Å². The molecule has 4 rings (SSSR count). The third kappa shape index (κ3) is 2.50. The minimum absolute atomic E-state index is 0.0378. The Bertz CT molecular complexity index is 995. The molecule has 1 aromatic carbocycles. The fraction of sp³-hybridized carbons (Fsp3) is 0.533. The second kappa shape index (κ2) is 5.19. The minimum atomic E-state index is -3.12. The van der Waals surface area contributed by atoms with Crippen LogP contribution in [-0.4, -0.2) is 49.0 Å². The maximum Gasteiger partial charge on any atom is 0.329 e. The van der Waals surface area contributed by atoms with Crippen molar-refractivity contribution >= 4 is 30.7 Å². The molecule has 2 fully saturated rings. The Balaban J connectivity index is 1.90.